The molecule has 128 valence electrons. The molecule has 0 radical (unpaired) electrons. The van der Waals surface area contributed by atoms with Crippen molar-refractivity contribution < 1.29 is 4.79 Å². The van der Waals surface area contributed by atoms with E-state index in [1.807, 2.05) is 24.3 Å². The number of pyridine rings is 1. The molecule has 0 bridgehead atoms. The van der Waals surface area contributed by atoms with Crippen molar-refractivity contribution in [1.82, 2.24) is 25.3 Å². The molecule has 0 unspecified atom stereocenters. The van der Waals surface area contributed by atoms with E-state index in [2.05, 4.69) is 30.6 Å². The highest BCUT2D eigenvalue weighted by Crippen LogP contribution is 2.28. The normalized spacial score (nSPS) is 10.6. The Labute approximate surface area is 153 Å². The number of thiazole rings is 1. The lowest BCUT2D eigenvalue weighted by molar-refractivity contribution is 0.0951. The number of nitrogens with zero attached hydrogens (tertiary/aromatic N) is 4. The molecule has 0 aliphatic rings. The zero-order valence-electron chi connectivity index (χ0n) is 13.6. The van der Waals surface area contributed by atoms with Crippen LogP contribution < -0.4 is 10.6 Å². The van der Waals surface area contributed by atoms with E-state index in [1.54, 1.807) is 36.9 Å². The van der Waals surface area contributed by atoms with Crippen LogP contribution in [0.25, 0.3) is 10.2 Å². The van der Waals surface area contributed by atoms with E-state index < -0.39 is 0 Å². The Morgan fingerprint density at radius 2 is 1.96 bits per heavy atom. The molecule has 0 fully saturated rings. The van der Waals surface area contributed by atoms with E-state index in [-0.39, 0.29) is 5.91 Å². The Morgan fingerprint density at radius 3 is 2.77 bits per heavy atom. The highest BCUT2D eigenvalue weighted by molar-refractivity contribution is 7.22. The summed E-state index contributed by atoms with van der Waals surface area (Å²) in [4.78, 5) is 29.1. The maximum Gasteiger partial charge on any atom is 0.251 e. The summed E-state index contributed by atoms with van der Waals surface area (Å²) >= 11 is 1.45. The first-order chi connectivity index (χ1) is 12.8. The molecule has 0 saturated heterocycles. The molecule has 3 aromatic heterocycles. The fourth-order valence-corrected chi connectivity index (χ4v) is 3.26. The fourth-order valence-electron chi connectivity index (χ4n) is 2.37. The van der Waals surface area contributed by atoms with Gasteiger partial charge in [-0.2, -0.15) is 0 Å². The quantitative estimate of drug-likeness (QED) is 0.566. The van der Waals surface area contributed by atoms with Gasteiger partial charge in [0.15, 0.2) is 5.13 Å². The highest BCUT2D eigenvalue weighted by atomic mass is 32.1. The summed E-state index contributed by atoms with van der Waals surface area (Å²) in [7, 11) is 0. The molecule has 0 aliphatic heterocycles. The first-order valence-corrected chi connectivity index (χ1v) is 8.71. The van der Waals surface area contributed by atoms with Gasteiger partial charge in [0.25, 0.3) is 5.91 Å². The summed E-state index contributed by atoms with van der Waals surface area (Å²) in [6.45, 7) is 0.436. The van der Waals surface area contributed by atoms with Crippen molar-refractivity contribution in [2.24, 2.45) is 0 Å². The lowest BCUT2D eigenvalue weighted by atomic mass is 10.2. The van der Waals surface area contributed by atoms with E-state index in [0.717, 1.165) is 15.8 Å². The fraction of sp³-hybridized carbons (Fsp3) is 0.0556. The number of carbonyl (C=O) groups excluding carboxylic acids is 1. The number of aromatic nitrogens is 4. The summed E-state index contributed by atoms with van der Waals surface area (Å²) in [6, 6.07) is 11.0. The topological polar surface area (TPSA) is 92.7 Å². The van der Waals surface area contributed by atoms with Crippen LogP contribution in [0, 0.1) is 0 Å². The van der Waals surface area contributed by atoms with Gasteiger partial charge in [0.05, 0.1) is 10.2 Å². The van der Waals surface area contributed by atoms with E-state index in [4.69, 9.17) is 0 Å². The van der Waals surface area contributed by atoms with Crippen LogP contribution in [-0.4, -0.2) is 25.8 Å². The molecule has 0 spiro atoms. The molecular weight excluding hydrogens is 348 g/mol. The number of rotatable bonds is 5. The molecule has 4 aromatic rings. The van der Waals surface area contributed by atoms with Crippen LogP contribution in [0.4, 0.5) is 11.1 Å². The molecular formula is C18H14N6OS. The number of anilines is 2. The minimum atomic E-state index is -0.134. The second-order valence-corrected chi connectivity index (χ2v) is 6.47. The van der Waals surface area contributed by atoms with Crippen LogP contribution in [0.1, 0.15) is 15.9 Å². The molecule has 0 aliphatic carbocycles. The number of carbonyl (C=O) groups is 1. The lowest BCUT2D eigenvalue weighted by Crippen LogP contribution is -2.22. The van der Waals surface area contributed by atoms with Gasteiger partial charge in [-0.05, 0) is 35.9 Å². The third kappa shape index (κ3) is 3.65. The van der Waals surface area contributed by atoms with Crippen molar-refractivity contribution in [2.45, 2.75) is 6.54 Å². The monoisotopic (exact) mass is 362 g/mol. The van der Waals surface area contributed by atoms with Crippen molar-refractivity contribution >= 4 is 38.5 Å². The third-order valence-electron chi connectivity index (χ3n) is 3.61. The van der Waals surface area contributed by atoms with Gasteiger partial charge < -0.3 is 10.6 Å². The molecule has 8 heteroatoms. The van der Waals surface area contributed by atoms with E-state index in [1.165, 1.54) is 11.3 Å². The molecule has 3 heterocycles. The van der Waals surface area contributed by atoms with Crippen LogP contribution >= 0.6 is 11.3 Å². The van der Waals surface area contributed by atoms with Crippen LogP contribution in [-0.2, 0) is 6.54 Å². The maximum absolute atomic E-state index is 12.4. The summed E-state index contributed by atoms with van der Waals surface area (Å²) in [5.74, 6) is 0.353. The largest absolute Gasteiger partial charge is 0.348 e. The zero-order chi connectivity index (χ0) is 17.8. The molecule has 7 nitrogen and oxygen atoms in total. The Morgan fingerprint density at radius 1 is 1.08 bits per heavy atom. The lowest BCUT2D eigenvalue weighted by Gasteiger charge is -2.04. The van der Waals surface area contributed by atoms with Crippen LogP contribution in [0.3, 0.4) is 0 Å². The van der Waals surface area contributed by atoms with Crippen LogP contribution in [0.15, 0.2) is 61.2 Å². The van der Waals surface area contributed by atoms with Gasteiger partial charge in [-0.3, -0.25) is 9.78 Å². The summed E-state index contributed by atoms with van der Waals surface area (Å²) < 4.78 is 0.914. The van der Waals surface area contributed by atoms with Crippen molar-refractivity contribution in [3.63, 3.8) is 0 Å². The Balaban J connectivity index is 1.49. The number of hydrogen-bond acceptors (Lipinski definition) is 7. The van der Waals surface area contributed by atoms with Gasteiger partial charge in [-0.25, -0.2) is 15.0 Å². The van der Waals surface area contributed by atoms with Gasteiger partial charge >= 0.3 is 0 Å². The standard InChI is InChI=1S/C18H14N6OS/c25-16(22-11-12-3-1-6-19-10-12)13-4-5-14-15(9-13)26-18(23-14)24-17-20-7-2-8-21-17/h1-10H,11H2,(H,22,25)(H,20,21,23,24). The second-order valence-electron chi connectivity index (χ2n) is 5.44. The van der Waals surface area contributed by atoms with Crippen molar-refractivity contribution in [3.05, 3.63) is 72.3 Å². The zero-order valence-corrected chi connectivity index (χ0v) is 14.4. The number of fused-ring (bicyclic) bond motifs is 1. The van der Waals surface area contributed by atoms with E-state index in [0.29, 0.717) is 23.2 Å². The summed E-state index contributed by atoms with van der Waals surface area (Å²) in [5, 5.41) is 6.64. The predicted molar refractivity (Wildman–Crippen MR) is 100 cm³/mol. The van der Waals surface area contributed by atoms with Crippen molar-refractivity contribution in [2.75, 3.05) is 5.32 Å². The number of hydrogen-bond donors (Lipinski definition) is 2. The SMILES string of the molecule is O=C(NCc1cccnc1)c1ccc2nc(Nc3ncccn3)sc2c1. The molecule has 1 amide bonds. The van der Waals surface area contributed by atoms with Gasteiger partial charge in [0, 0.05) is 36.9 Å². The third-order valence-corrected chi connectivity index (χ3v) is 4.54. The first-order valence-electron chi connectivity index (χ1n) is 7.90. The minimum Gasteiger partial charge on any atom is -0.348 e. The first kappa shape index (κ1) is 16.1. The van der Waals surface area contributed by atoms with Crippen molar-refractivity contribution in [3.8, 4) is 0 Å². The molecule has 0 saturated carbocycles. The molecule has 1 aromatic carbocycles. The minimum absolute atomic E-state index is 0.134. The van der Waals surface area contributed by atoms with Crippen LogP contribution in [0.5, 0.6) is 0 Å². The number of nitrogens with one attached hydrogen (secondary N) is 2. The van der Waals surface area contributed by atoms with E-state index >= 15 is 0 Å². The maximum atomic E-state index is 12.4. The van der Waals surface area contributed by atoms with Crippen molar-refractivity contribution in [1.29, 1.82) is 0 Å². The molecule has 2 N–H and O–H groups in total. The van der Waals surface area contributed by atoms with E-state index in [9.17, 15) is 4.79 Å². The van der Waals surface area contributed by atoms with Crippen LogP contribution in [0.2, 0.25) is 0 Å². The highest BCUT2D eigenvalue weighted by Gasteiger charge is 2.10. The summed E-state index contributed by atoms with van der Waals surface area (Å²) in [6.07, 6.45) is 6.76. The van der Waals surface area contributed by atoms with Gasteiger partial charge in [-0.15, -0.1) is 0 Å². The van der Waals surface area contributed by atoms with Gasteiger partial charge in [0.2, 0.25) is 5.95 Å². The average Bonchev–Trinajstić information content (AvgIpc) is 3.09. The number of benzene rings is 1. The Hall–Kier alpha value is -3.39. The average molecular weight is 362 g/mol. The molecule has 4 rings (SSSR count). The second kappa shape index (κ2) is 7.24. The van der Waals surface area contributed by atoms with Gasteiger partial charge in [0.1, 0.15) is 0 Å². The van der Waals surface area contributed by atoms with Gasteiger partial charge in [-0.1, -0.05) is 17.4 Å². The molecule has 0 atom stereocenters. The molecule has 26 heavy (non-hydrogen) atoms. The number of amides is 1. The Kier molecular flexibility index (Phi) is 4.48. The summed E-state index contributed by atoms with van der Waals surface area (Å²) in [5.41, 5.74) is 2.36. The predicted octanol–water partition coefficient (Wildman–Crippen LogP) is 3.15. The Bertz CT molecular complexity index is 1040. The smallest absolute Gasteiger partial charge is 0.251 e.